The molecule has 0 unspecified atom stereocenters. The Bertz CT molecular complexity index is 1100. The Balaban J connectivity index is 1.90. The van der Waals surface area contributed by atoms with E-state index in [1.807, 2.05) is 55.4 Å². The molecule has 0 spiro atoms. The highest BCUT2D eigenvalue weighted by molar-refractivity contribution is 6.00. The molecule has 2 aromatic rings. The maximum Gasteiger partial charge on any atom is 0.252 e. The van der Waals surface area contributed by atoms with E-state index in [2.05, 4.69) is 52.2 Å². The van der Waals surface area contributed by atoms with E-state index in [-0.39, 0.29) is 22.6 Å². The highest BCUT2D eigenvalue weighted by Gasteiger charge is 2.41. The first-order valence-corrected chi connectivity index (χ1v) is 13.8. The maximum atomic E-state index is 13.8. The Morgan fingerprint density at radius 2 is 1.42 bits per heavy atom. The van der Waals surface area contributed by atoms with Gasteiger partial charge in [-0.2, -0.15) is 0 Å². The van der Waals surface area contributed by atoms with Crippen LogP contribution in [0.2, 0.25) is 0 Å². The van der Waals surface area contributed by atoms with Crippen molar-refractivity contribution in [3.05, 3.63) is 58.7 Å². The minimum Gasteiger partial charge on any atom is -0.496 e. The first-order chi connectivity index (χ1) is 17.7. The van der Waals surface area contributed by atoms with Crippen molar-refractivity contribution >= 4 is 17.5 Å². The average molecular weight is 522 g/mol. The standard InChI is InChI=1S/C32H47N3O3/c1-30(2,3)25-19-23(20-26(27(25)38-9)31(4,5)6)28(36)34-32(17-11-10-12-18-32)29(37)33-21-22-13-15-24(16-14-22)35(7)8/h13-16,19-20H,10-12,17-18,21H2,1-9H3,(H,33,37)(H,34,36). The average Bonchev–Trinajstić information content (AvgIpc) is 2.86. The minimum atomic E-state index is -0.914. The van der Waals surface area contributed by atoms with E-state index in [9.17, 15) is 9.59 Å². The van der Waals surface area contributed by atoms with Crippen LogP contribution < -0.4 is 20.3 Å². The van der Waals surface area contributed by atoms with Crippen LogP contribution in [0.15, 0.2) is 36.4 Å². The number of ether oxygens (including phenoxy) is 1. The third kappa shape index (κ3) is 6.69. The quantitative estimate of drug-likeness (QED) is 0.462. The number of amides is 2. The van der Waals surface area contributed by atoms with Gasteiger partial charge in [0.25, 0.3) is 5.91 Å². The number of hydrogen-bond donors (Lipinski definition) is 2. The van der Waals surface area contributed by atoms with Crippen LogP contribution >= 0.6 is 0 Å². The Kier molecular flexibility index (Phi) is 8.85. The molecule has 0 radical (unpaired) electrons. The Morgan fingerprint density at radius 1 is 0.895 bits per heavy atom. The first kappa shape index (κ1) is 29.5. The summed E-state index contributed by atoms with van der Waals surface area (Å²) in [4.78, 5) is 29.5. The predicted octanol–water partition coefficient (Wildman–Crippen LogP) is 6.11. The van der Waals surface area contributed by atoms with Gasteiger partial charge in [-0.25, -0.2) is 0 Å². The lowest BCUT2D eigenvalue weighted by Crippen LogP contribution is -2.59. The zero-order chi connectivity index (χ0) is 28.3. The number of carbonyl (C=O) groups excluding carboxylic acids is 2. The number of methoxy groups -OCH3 is 1. The van der Waals surface area contributed by atoms with Gasteiger partial charge in [0.05, 0.1) is 7.11 Å². The molecule has 6 heteroatoms. The molecule has 0 heterocycles. The van der Waals surface area contributed by atoms with Gasteiger partial charge in [-0.3, -0.25) is 9.59 Å². The highest BCUT2D eigenvalue weighted by Crippen LogP contribution is 2.41. The maximum absolute atomic E-state index is 13.8. The molecular formula is C32H47N3O3. The minimum absolute atomic E-state index is 0.108. The summed E-state index contributed by atoms with van der Waals surface area (Å²) >= 11 is 0. The van der Waals surface area contributed by atoms with Crippen molar-refractivity contribution < 1.29 is 14.3 Å². The van der Waals surface area contributed by atoms with E-state index >= 15 is 0 Å². The molecule has 0 atom stereocenters. The normalized spacial score (nSPS) is 15.5. The van der Waals surface area contributed by atoms with Gasteiger partial charge in [-0.1, -0.05) is 72.9 Å². The summed E-state index contributed by atoms with van der Waals surface area (Å²) in [5.74, 6) is 0.505. The van der Waals surface area contributed by atoms with Crippen LogP contribution in [0.5, 0.6) is 5.75 Å². The van der Waals surface area contributed by atoms with Crippen molar-refractivity contribution in [3.63, 3.8) is 0 Å². The summed E-state index contributed by atoms with van der Waals surface area (Å²) in [7, 11) is 5.70. The van der Waals surface area contributed by atoms with E-state index < -0.39 is 5.54 Å². The topological polar surface area (TPSA) is 70.7 Å². The molecule has 2 N–H and O–H groups in total. The summed E-state index contributed by atoms with van der Waals surface area (Å²) in [6, 6.07) is 12.0. The van der Waals surface area contributed by atoms with Crippen molar-refractivity contribution in [1.82, 2.24) is 10.6 Å². The van der Waals surface area contributed by atoms with Crippen LogP contribution in [0.3, 0.4) is 0 Å². The molecular weight excluding hydrogens is 474 g/mol. The second kappa shape index (κ2) is 11.4. The molecule has 1 saturated carbocycles. The zero-order valence-corrected chi connectivity index (χ0v) is 24.9. The number of benzene rings is 2. The lowest BCUT2D eigenvalue weighted by atomic mass is 9.77. The van der Waals surface area contributed by atoms with Gasteiger partial charge in [0.2, 0.25) is 5.91 Å². The van der Waals surface area contributed by atoms with Crippen LogP contribution in [0, 0.1) is 0 Å². The van der Waals surface area contributed by atoms with Gasteiger partial charge < -0.3 is 20.3 Å². The van der Waals surface area contributed by atoms with Crippen LogP contribution in [0.4, 0.5) is 5.69 Å². The lowest BCUT2D eigenvalue weighted by Gasteiger charge is -2.37. The van der Waals surface area contributed by atoms with Gasteiger partial charge in [0.1, 0.15) is 11.3 Å². The predicted molar refractivity (Wildman–Crippen MR) is 156 cm³/mol. The van der Waals surface area contributed by atoms with Crippen LogP contribution in [0.1, 0.15) is 101 Å². The van der Waals surface area contributed by atoms with Gasteiger partial charge in [-0.15, -0.1) is 0 Å². The fourth-order valence-electron chi connectivity index (χ4n) is 5.21. The lowest BCUT2D eigenvalue weighted by molar-refractivity contribution is -0.128. The number of rotatable bonds is 7. The molecule has 0 bridgehead atoms. The molecule has 0 aliphatic heterocycles. The molecule has 3 rings (SSSR count). The van der Waals surface area contributed by atoms with Crippen molar-refractivity contribution in [2.75, 3.05) is 26.1 Å². The molecule has 0 aromatic heterocycles. The number of anilines is 1. The Morgan fingerprint density at radius 3 is 1.87 bits per heavy atom. The summed E-state index contributed by atoms with van der Waals surface area (Å²) in [5.41, 5.74) is 3.33. The molecule has 6 nitrogen and oxygen atoms in total. The zero-order valence-electron chi connectivity index (χ0n) is 24.9. The van der Waals surface area contributed by atoms with Gasteiger partial charge in [0, 0.05) is 43.0 Å². The van der Waals surface area contributed by atoms with Crippen molar-refractivity contribution in [2.45, 2.75) is 96.6 Å². The molecule has 208 valence electrons. The van der Waals surface area contributed by atoms with Crippen molar-refractivity contribution in [1.29, 1.82) is 0 Å². The largest absolute Gasteiger partial charge is 0.496 e. The molecule has 38 heavy (non-hydrogen) atoms. The van der Waals surface area contributed by atoms with E-state index in [0.717, 1.165) is 47.4 Å². The molecule has 1 aliphatic rings. The number of nitrogens with one attached hydrogen (secondary N) is 2. The van der Waals surface area contributed by atoms with Gasteiger partial charge >= 0.3 is 0 Å². The second-order valence-electron chi connectivity index (χ2n) is 12.9. The van der Waals surface area contributed by atoms with E-state index in [1.54, 1.807) is 7.11 Å². The van der Waals surface area contributed by atoms with E-state index in [4.69, 9.17) is 4.74 Å². The highest BCUT2D eigenvalue weighted by atomic mass is 16.5. The molecule has 1 fully saturated rings. The third-order valence-corrected chi connectivity index (χ3v) is 7.57. The van der Waals surface area contributed by atoms with E-state index in [0.29, 0.717) is 24.9 Å². The Hall–Kier alpha value is -3.02. The third-order valence-electron chi connectivity index (χ3n) is 7.57. The van der Waals surface area contributed by atoms with Crippen LogP contribution in [0.25, 0.3) is 0 Å². The summed E-state index contributed by atoms with van der Waals surface area (Å²) in [6.07, 6.45) is 4.17. The molecule has 2 amide bonds. The van der Waals surface area contributed by atoms with Crippen LogP contribution in [-0.4, -0.2) is 38.6 Å². The van der Waals surface area contributed by atoms with Gasteiger partial charge in [-0.05, 0) is 53.5 Å². The van der Waals surface area contributed by atoms with E-state index in [1.165, 1.54) is 0 Å². The van der Waals surface area contributed by atoms with Gasteiger partial charge in [0.15, 0.2) is 0 Å². The molecule has 2 aromatic carbocycles. The summed E-state index contributed by atoms with van der Waals surface area (Å²) in [5, 5.41) is 6.32. The SMILES string of the molecule is COc1c(C(C)(C)C)cc(C(=O)NC2(C(=O)NCc3ccc(N(C)C)cc3)CCCCC2)cc1C(C)(C)C. The molecule has 0 saturated heterocycles. The first-order valence-electron chi connectivity index (χ1n) is 13.8. The van der Waals surface area contributed by atoms with Crippen molar-refractivity contribution in [3.8, 4) is 5.75 Å². The monoisotopic (exact) mass is 521 g/mol. The number of nitrogens with zero attached hydrogens (tertiary/aromatic N) is 1. The fraction of sp³-hybridized carbons (Fsp3) is 0.562. The second-order valence-corrected chi connectivity index (χ2v) is 12.9. The number of hydrogen-bond acceptors (Lipinski definition) is 4. The summed E-state index contributed by atoms with van der Waals surface area (Å²) < 4.78 is 5.87. The number of carbonyl (C=O) groups is 2. The summed E-state index contributed by atoms with van der Waals surface area (Å²) in [6.45, 7) is 13.2. The fourth-order valence-corrected chi connectivity index (χ4v) is 5.21. The smallest absolute Gasteiger partial charge is 0.252 e. The molecule has 1 aliphatic carbocycles. The van der Waals surface area contributed by atoms with Crippen LogP contribution in [-0.2, 0) is 22.2 Å². The Labute approximate surface area is 229 Å². The van der Waals surface area contributed by atoms with Crippen molar-refractivity contribution in [2.24, 2.45) is 0 Å².